The zero-order chi connectivity index (χ0) is 16.4. The summed E-state index contributed by atoms with van der Waals surface area (Å²) in [7, 11) is 3.13. The van der Waals surface area contributed by atoms with E-state index in [1.165, 1.54) is 7.11 Å². The fourth-order valence-corrected chi connectivity index (χ4v) is 1.70. The molecule has 0 unspecified atom stereocenters. The first kappa shape index (κ1) is 17.8. The van der Waals surface area contributed by atoms with E-state index in [2.05, 4.69) is 5.32 Å². The Bertz CT molecular complexity index is 505. The number of carbonyl (C=O) groups excluding carboxylic acids is 2. The lowest BCUT2D eigenvalue weighted by molar-refractivity contribution is -0.143. The first-order valence-corrected chi connectivity index (χ1v) is 6.96. The lowest BCUT2D eigenvalue weighted by atomic mass is 10.2. The topological polar surface area (TPSA) is 99.9 Å². The molecule has 122 valence electrons. The van der Waals surface area contributed by atoms with Crippen molar-refractivity contribution in [3.05, 3.63) is 23.8 Å². The molecule has 0 heterocycles. The molecule has 22 heavy (non-hydrogen) atoms. The zero-order valence-corrected chi connectivity index (χ0v) is 12.9. The average molecular weight is 310 g/mol. The van der Waals surface area contributed by atoms with Crippen molar-refractivity contribution in [2.45, 2.75) is 19.4 Å². The molecule has 0 atom stereocenters. The number of hydrogen-bond donors (Lipinski definition) is 2. The van der Waals surface area contributed by atoms with Gasteiger partial charge < -0.3 is 25.3 Å². The Kier molecular flexibility index (Phi) is 7.77. The van der Waals surface area contributed by atoms with E-state index in [0.717, 1.165) is 5.56 Å². The summed E-state index contributed by atoms with van der Waals surface area (Å²) < 4.78 is 15.8. The number of ether oxygens (including phenoxy) is 3. The minimum atomic E-state index is -0.475. The predicted molar refractivity (Wildman–Crippen MR) is 80.6 cm³/mol. The molecule has 1 amide bonds. The van der Waals surface area contributed by atoms with Gasteiger partial charge in [0.15, 0.2) is 0 Å². The molecule has 7 nitrogen and oxygen atoms in total. The second-order valence-electron chi connectivity index (χ2n) is 4.46. The number of amides is 1. The van der Waals surface area contributed by atoms with Crippen LogP contribution in [0.3, 0.4) is 0 Å². The van der Waals surface area contributed by atoms with E-state index in [9.17, 15) is 9.59 Å². The summed E-state index contributed by atoms with van der Waals surface area (Å²) in [6.07, 6.45) is 1.04. The highest BCUT2D eigenvalue weighted by Gasteiger charge is 2.08. The van der Waals surface area contributed by atoms with Gasteiger partial charge in [-0.15, -0.1) is 0 Å². The van der Waals surface area contributed by atoms with Gasteiger partial charge in [-0.25, -0.2) is 0 Å². The summed E-state index contributed by atoms with van der Waals surface area (Å²) in [6, 6.07) is 5.23. The molecule has 0 aliphatic carbocycles. The first-order valence-electron chi connectivity index (χ1n) is 6.96. The van der Waals surface area contributed by atoms with E-state index in [1.54, 1.807) is 25.2 Å². The molecule has 1 aromatic carbocycles. The third-order valence-electron chi connectivity index (χ3n) is 2.91. The summed E-state index contributed by atoms with van der Waals surface area (Å²) in [4.78, 5) is 22.1. The summed E-state index contributed by atoms with van der Waals surface area (Å²) >= 11 is 0. The maximum absolute atomic E-state index is 11.1. The van der Waals surface area contributed by atoms with Crippen molar-refractivity contribution in [1.29, 1.82) is 0 Å². The van der Waals surface area contributed by atoms with Gasteiger partial charge in [0.25, 0.3) is 0 Å². The third-order valence-corrected chi connectivity index (χ3v) is 2.91. The highest BCUT2D eigenvalue weighted by molar-refractivity contribution is 5.75. The molecule has 0 spiro atoms. The fraction of sp³-hybridized carbons (Fsp3) is 0.467. The maximum Gasteiger partial charge on any atom is 0.320 e. The van der Waals surface area contributed by atoms with Crippen LogP contribution in [0.15, 0.2) is 18.2 Å². The summed E-state index contributed by atoms with van der Waals surface area (Å²) in [5.41, 5.74) is 5.90. The number of benzene rings is 1. The molecule has 1 rings (SSSR count). The Morgan fingerprint density at radius 1 is 1.32 bits per heavy atom. The standard InChI is InChI=1S/C15H22N2O5/c1-17-14(18)4-3-7-21-12-6-5-11(13(8-12)20-2)10-22-15(19)9-16/h5-6,8H,3-4,7,9-10,16H2,1-2H3,(H,17,18). The fourth-order valence-electron chi connectivity index (χ4n) is 1.70. The molecule has 0 saturated heterocycles. The van der Waals surface area contributed by atoms with Crippen molar-refractivity contribution in [3.8, 4) is 11.5 Å². The van der Waals surface area contributed by atoms with E-state index in [1.807, 2.05) is 0 Å². The second-order valence-corrected chi connectivity index (χ2v) is 4.46. The molecule has 0 radical (unpaired) electrons. The summed E-state index contributed by atoms with van der Waals surface area (Å²) in [5.74, 6) is 0.700. The summed E-state index contributed by atoms with van der Waals surface area (Å²) in [5, 5.41) is 2.55. The average Bonchev–Trinajstić information content (AvgIpc) is 2.56. The predicted octanol–water partition coefficient (Wildman–Crippen LogP) is 0.602. The normalized spacial score (nSPS) is 9.95. The van der Waals surface area contributed by atoms with Crippen molar-refractivity contribution in [2.24, 2.45) is 5.73 Å². The van der Waals surface area contributed by atoms with E-state index in [-0.39, 0.29) is 19.1 Å². The maximum atomic E-state index is 11.1. The van der Waals surface area contributed by atoms with Crippen LogP contribution in [0.25, 0.3) is 0 Å². The Hall–Kier alpha value is -2.28. The van der Waals surface area contributed by atoms with Gasteiger partial charge in [-0.1, -0.05) is 0 Å². The number of methoxy groups -OCH3 is 1. The van der Waals surface area contributed by atoms with Gasteiger partial charge in [0.2, 0.25) is 5.91 Å². The van der Waals surface area contributed by atoms with E-state index >= 15 is 0 Å². The molecule has 0 bridgehead atoms. The number of esters is 1. The van der Waals surface area contributed by atoms with Crippen molar-refractivity contribution in [3.63, 3.8) is 0 Å². The van der Waals surface area contributed by atoms with Crippen LogP contribution in [0.1, 0.15) is 18.4 Å². The molecule has 0 aliphatic rings. The van der Waals surface area contributed by atoms with Crippen LogP contribution >= 0.6 is 0 Å². The van der Waals surface area contributed by atoms with Crippen LogP contribution in [-0.2, 0) is 20.9 Å². The number of nitrogens with two attached hydrogens (primary N) is 1. The van der Waals surface area contributed by atoms with Crippen LogP contribution in [0.4, 0.5) is 0 Å². The molecule has 0 aliphatic heterocycles. The largest absolute Gasteiger partial charge is 0.496 e. The van der Waals surface area contributed by atoms with Crippen LogP contribution in [0, 0.1) is 0 Å². The quantitative estimate of drug-likeness (QED) is 0.512. The monoisotopic (exact) mass is 310 g/mol. The van der Waals surface area contributed by atoms with Gasteiger partial charge in [-0.2, -0.15) is 0 Å². The van der Waals surface area contributed by atoms with Crippen LogP contribution < -0.4 is 20.5 Å². The molecule has 0 aromatic heterocycles. The van der Waals surface area contributed by atoms with Gasteiger partial charge >= 0.3 is 5.97 Å². The number of carbonyl (C=O) groups is 2. The van der Waals surface area contributed by atoms with Gasteiger partial charge in [0.1, 0.15) is 18.1 Å². The van der Waals surface area contributed by atoms with E-state index < -0.39 is 5.97 Å². The zero-order valence-electron chi connectivity index (χ0n) is 12.9. The Balaban J connectivity index is 2.53. The number of rotatable bonds is 9. The van der Waals surface area contributed by atoms with Crippen molar-refractivity contribution < 1.29 is 23.8 Å². The lowest BCUT2D eigenvalue weighted by Crippen LogP contribution is -2.18. The molecular weight excluding hydrogens is 288 g/mol. The minimum absolute atomic E-state index is 0.0155. The van der Waals surface area contributed by atoms with Crippen molar-refractivity contribution >= 4 is 11.9 Å². The molecule has 3 N–H and O–H groups in total. The molecule has 0 saturated carbocycles. The van der Waals surface area contributed by atoms with Crippen molar-refractivity contribution in [1.82, 2.24) is 5.32 Å². The number of hydrogen-bond acceptors (Lipinski definition) is 6. The highest BCUT2D eigenvalue weighted by Crippen LogP contribution is 2.25. The SMILES string of the molecule is CNC(=O)CCCOc1ccc(COC(=O)CN)c(OC)c1. The van der Waals surface area contributed by atoms with Gasteiger partial charge in [0, 0.05) is 25.1 Å². The summed E-state index contributed by atoms with van der Waals surface area (Å²) in [6.45, 7) is 0.364. The second kappa shape index (κ2) is 9.62. The molecule has 7 heteroatoms. The lowest BCUT2D eigenvalue weighted by Gasteiger charge is -2.12. The number of nitrogens with one attached hydrogen (secondary N) is 1. The molecule has 0 fully saturated rings. The smallest absolute Gasteiger partial charge is 0.320 e. The van der Waals surface area contributed by atoms with E-state index in [4.69, 9.17) is 19.9 Å². The van der Waals surface area contributed by atoms with E-state index in [0.29, 0.717) is 30.9 Å². The van der Waals surface area contributed by atoms with Gasteiger partial charge in [0.05, 0.1) is 20.3 Å². The third kappa shape index (κ3) is 6.01. The minimum Gasteiger partial charge on any atom is -0.496 e. The van der Waals surface area contributed by atoms with Gasteiger partial charge in [-0.3, -0.25) is 9.59 Å². The highest BCUT2D eigenvalue weighted by atomic mass is 16.5. The van der Waals surface area contributed by atoms with Crippen LogP contribution in [-0.4, -0.2) is 39.2 Å². The van der Waals surface area contributed by atoms with Crippen molar-refractivity contribution in [2.75, 3.05) is 27.3 Å². The Morgan fingerprint density at radius 2 is 2.09 bits per heavy atom. The van der Waals surface area contributed by atoms with Gasteiger partial charge in [-0.05, 0) is 18.6 Å². The Morgan fingerprint density at radius 3 is 2.73 bits per heavy atom. The van der Waals surface area contributed by atoms with Crippen LogP contribution in [0.2, 0.25) is 0 Å². The Labute approximate surface area is 129 Å². The molecular formula is C15H22N2O5. The molecule has 1 aromatic rings. The first-order chi connectivity index (χ1) is 10.6. The van der Waals surface area contributed by atoms with Crippen LogP contribution in [0.5, 0.6) is 11.5 Å².